The molecular weight excluding hydrogens is 456 g/mol. The van der Waals surface area contributed by atoms with E-state index in [-0.39, 0.29) is 36.0 Å². The summed E-state index contributed by atoms with van der Waals surface area (Å²) >= 11 is 6.21. The fraction of sp³-hybridized carbons (Fsp3) is 0.217. The van der Waals surface area contributed by atoms with E-state index in [4.69, 9.17) is 16.3 Å². The average molecular weight is 476 g/mol. The van der Waals surface area contributed by atoms with Crippen molar-refractivity contribution in [2.24, 2.45) is 5.18 Å². The quantitative estimate of drug-likeness (QED) is 0.472. The van der Waals surface area contributed by atoms with Crippen LogP contribution in [-0.4, -0.2) is 17.0 Å². The summed E-state index contributed by atoms with van der Waals surface area (Å²) in [6, 6.07) is 11.9. The van der Waals surface area contributed by atoms with Crippen LogP contribution in [0.5, 0.6) is 5.75 Å². The number of carbonyl (C=O) groups excluding carboxylic acids is 1. The summed E-state index contributed by atoms with van der Waals surface area (Å²) in [6.45, 7) is 1.57. The first-order chi connectivity index (χ1) is 15.8. The van der Waals surface area contributed by atoms with E-state index in [2.05, 4.69) is 10.5 Å². The Bertz CT molecular complexity index is 1230. The van der Waals surface area contributed by atoms with Crippen molar-refractivity contribution < 1.29 is 18.3 Å². The molecule has 2 aromatic carbocycles. The van der Waals surface area contributed by atoms with Gasteiger partial charge in [-0.2, -0.15) is 4.91 Å². The van der Waals surface area contributed by atoms with Crippen molar-refractivity contribution in [1.29, 1.82) is 0 Å². The van der Waals surface area contributed by atoms with Gasteiger partial charge >= 0.3 is 0 Å². The zero-order valence-electron chi connectivity index (χ0n) is 17.6. The van der Waals surface area contributed by atoms with E-state index in [9.17, 15) is 23.3 Å². The second-order valence-electron chi connectivity index (χ2n) is 7.26. The summed E-state index contributed by atoms with van der Waals surface area (Å²) in [6.07, 6.45) is 0. The Kier molecular flexibility index (Phi) is 7.89. The number of pyridine rings is 1. The maximum absolute atomic E-state index is 13.8. The molecular formula is C23H20ClF2N3O4. The normalized spacial score (nSPS) is 10.7. The lowest BCUT2D eigenvalue weighted by Gasteiger charge is -2.15. The molecule has 1 aromatic heterocycles. The van der Waals surface area contributed by atoms with Gasteiger partial charge in [-0.15, -0.1) is 0 Å². The molecule has 10 heteroatoms. The second kappa shape index (κ2) is 10.8. The number of halogens is 3. The van der Waals surface area contributed by atoms with Gasteiger partial charge in [0, 0.05) is 29.9 Å². The molecule has 172 valence electrons. The first kappa shape index (κ1) is 24.1. The van der Waals surface area contributed by atoms with Gasteiger partial charge in [0.1, 0.15) is 29.0 Å². The van der Waals surface area contributed by atoms with E-state index in [0.717, 1.165) is 23.3 Å². The molecule has 7 nitrogen and oxygen atoms in total. The van der Waals surface area contributed by atoms with Gasteiger partial charge in [-0.25, -0.2) is 8.78 Å². The predicted octanol–water partition coefficient (Wildman–Crippen LogP) is 4.10. The number of carbonyl (C=O) groups is 1. The third-order valence-electron chi connectivity index (χ3n) is 4.87. The van der Waals surface area contributed by atoms with E-state index in [1.54, 1.807) is 37.3 Å². The van der Waals surface area contributed by atoms with E-state index in [0.29, 0.717) is 5.69 Å². The average Bonchev–Trinajstić information content (AvgIpc) is 2.79. The molecule has 1 heterocycles. The molecule has 0 fully saturated rings. The van der Waals surface area contributed by atoms with E-state index < -0.39 is 29.6 Å². The minimum absolute atomic E-state index is 0.107. The van der Waals surface area contributed by atoms with E-state index >= 15 is 0 Å². The fourth-order valence-corrected chi connectivity index (χ4v) is 3.28. The van der Waals surface area contributed by atoms with Crippen molar-refractivity contribution in [3.63, 3.8) is 0 Å². The molecule has 0 aliphatic rings. The lowest BCUT2D eigenvalue weighted by molar-refractivity contribution is -0.119. The van der Waals surface area contributed by atoms with Gasteiger partial charge in [0.25, 0.3) is 5.56 Å². The highest BCUT2D eigenvalue weighted by Crippen LogP contribution is 2.24. The zero-order chi connectivity index (χ0) is 24.0. The number of benzene rings is 2. The second-order valence-corrected chi connectivity index (χ2v) is 7.64. The fourth-order valence-electron chi connectivity index (χ4n) is 3.07. The minimum atomic E-state index is -0.750. The summed E-state index contributed by atoms with van der Waals surface area (Å²) in [7, 11) is 0. The molecule has 1 N–H and O–H groups in total. The molecule has 0 saturated heterocycles. The summed E-state index contributed by atoms with van der Waals surface area (Å²) in [5.41, 5.74) is 1.88. The SMILES string of the molecule is Cc1cc(OCc2ccc(F)cc2F)c(Cl)c(=O)n1Cc1ccc(CNC(=O)CN=O)cc1. The minimum Gasteiger partial charge on any atom is -0.487 e. The third-order valence-corrected chi connectivity index (χ3v) is 5.22. The number of ether oxygens (including phenoxy) is 1. The van der Waals surface area contributed by atoms with Crippen molar-refractivity contribution in [3.8, 4) is 5.75 Å². The van der Waals surface area contributed by atoms with Crippen molar-refractivity contribution >= 4 is 17.5 Å². The van der Waals surface area contributed by atoms with Gasteiger partial charge in [0.05, 0.1) is 6.54 Å². The maximum Gasteiger partial charge on any atom is 0.273 e. The Morgan fingerprint density at radius 2 is 1.82 bits per heavy atom. The van der Waals surface area contributed by atoms with Crippen LogP contribution in [0.3, 0.4) is 0 Å². The van der Waals surface area contributed by atoms with Crippen LogP contribution in [0.4, 0.5) is 8.78 Å². The first-order valence-electron chi connectivity index (χ1n) is 9.88. The Balaban J connectivity index is 1.70. The maximum atomic E-state index is 13.8. The highest BCUT2D eigenvalue weighted by molar-refractivity contribution is 6.31. The van der Waals surface area contributed by atoms with Crippen LogP contribution in [0.1, 0.15) is 22.4 Å². The van der Waals surface area contributed by atoms with Crippen molar-refractivity contribution in [3.05, 3.63) is 103 Å². The molecule has 0 radical (unpaired) electrons. The van der Waals surface area contributed by atoms with E-state index in [1.165, 1.54) is 10.6 Å². The molecule has 0 aliphatic carbocycles. The molecule has 0 saturated carbocycles. The number of hydrogen-bond acceptors (Lipinski definition) is 5. The monoisotopic (exact) mass is 475 g/mol. The van der Waals surface area contributed by atoms with Crippen molar-refractivity contribution in [2.75, 3.05) is 6.54 Å². The number of nitroso groups, excluding NO2 is 1. The van der Waals surface area contributed by atoms with Crippen LogP contribution in [-0.2, 0) is 24.5 Å². The topological polar surface area (TPSA) is 89.8 Å². The highest BCUT2D eigenvalue weighted by atomic mass is 35.5. The van der Waals surface area contributed by atoms with Crippen LogP contribution in [0.25, 0.3) is 0 Å². The predicted molar refractivity (Wildman–Crippen MR) is 119 cm³/mol. The van der Waals surface area contributed by atoms with Gasteiger partial charge in [-0.05, 0) is 30.2 Å². The molecule has 0 atom stereocenters. The summed E-state index contributed by atoms with van der Waals surface area (Å²) in [5.74, 6) is -1.80. The van der Waals surface area contributed by atoms with Gasteiger partial charge in [-0.1, -0.05) is 41.0 Å². The Morgan fingerprint density at radius 1 is 1.12 bits per heavy atom. The van der Waals surface area contributed by atoms with Crippen molar-refractivity contribution in [1.82, 2.24) is 9.88 Å². The first-order valence-corrected chi connectivity index (χ1v) is 10.3. The molecule has 3 rings (SSSR count). The van der Waals surface area contributed by atoms with Gasteiger partial charge in [0.2, 0.25) is 5.91 Å². The van der Waals surface area contributed by atoms with Crippen LogP contribution in [0.15, 0.2) is 58.5 Å². The Morgan fingerprint density at radius 3 is 2.48 bits per heavy atom. The third kappa shape index (κ3) is 6.23. The molecule has 3 aromatic rings. The van der Waals surface area contributed by atoms with Crippen LogP contribution in [0.2, 0.25) is 5.02 Å². The Labute approximate surface area is 192 Å². The lowest BCUT2D eigenvalue weighted by Crippen LogP contribution is -2.25. The van der Waals surface area contributed by atoms with Gasteiger partial charge in [-0.3, -0.25) is 9.59 Å². The summed E-state index contributed by atoms with van der Waals surface area (Å²) in [5, 5.41) is 4.95. The standard InChI is InChI=1S/C23H20ClF2N3O4/c1-14-8-20(33-13-17-6-7-18(25)9-19(17)26)22(24)23(31)29(14)12-16-4-2-15(3-5-16)10-27-21(30)11-28-32/h2-9H,10-13H2,1H3,(H,27,30). The molecule has 0 bridgehead atoms. The number of aryl methyl sites for hydroxylation is 1. The van der Waals surface area contributed by atoms with Crippen LogP contribution < -0.4 is 15.6 Å². The van der Waals surface area contributed by atoms with Crippen molar-refractivity contribution in [2.45, 2.75) is 26.6 Å². The number of rotatable bonds is 9. The number of nitrogens with zero attached hydrogens (tertiary/aromatic N) is 2. The Hall–Kier alpha value is -3.59. The summed E-state index contributed by atoms with van der Waals surface area (Å²) < 4.78 is 33.9. The highest BCUT2D eigenvalue weighted by Gasteiger charge is 2.14. The van der Waals surface area contributed by atoms with Gasteiger partial charge in [0.15, 0.2) is 6.54 Å². The van der Waals surface area contributed by atoms with Crippen LogP contribution >= 0.6 is 11.6 Å². The number of amides is 1. The number of nitrogens with one attached hydrogen (secondary N) is 1. The number of hydrogen-bond donors (Lipinski definition) is 1. The molecule has 0 aliphatic heterocycles. The molecule has 0 unspecified atom stereocenters. The summed E-state index contributed by atoms with van der Waals surface area (Å²) in [4.78, 5) is 34.2. The molecule has 33 heavy (non-hydrogen) atoms. The van der Waals surface area contributed by atoms with Crippen LogP contribution in [0, 0.1) is 23.5 Å². The lowest BCUT2D eigenvalue weighted by atomic mass is 10.1. The number of aromatic nitrogens is 1. The smallest absolute Gasteiger partial charge is 0.273 e. The largest absolute Gasteiger partial charge is 0.487 e. The van der Waals surface area contributed by atoms with E-state index in [1.807, 2.05) is 0 Å². The van der Waals surface area contributed by atoms with Gasteiger partial charge < -0.3 is 14.6 Å². The molecule has 0 spiro atoms. The molecule has 1 amide bonds. The zero-order valence-corrected chi connectivity index (χ0v) is 18.4.